The number of aryl methyl sites for hydroxylation is 1. The molecule has 1 atom stereocenters. The van der Waals surface area contributed by atoms with Crippen LogP contribution in [0.25, 0.3) is 11.1 Å². The van der Waals surface area contributed by atoms with Crippen LogP contribution in [0, 0.1) is 18.7 Å². The molecule has 1 aromatic carbocycles. The molecule has 2 heterocycles. The number of thiazole rings is 1. The van der Waals surface area contributed by atoms with Gasteiger partial charge in [-0.05, 0) is 48.6 Å². The number of nitrogens with one attached hydrogen (secondary N) is 1. The van der Waals surface area contributed by atoms with Crippen LogP contribution in [0.5, 0.6) is 0 Å². The average Bonchev–Trinajstić information content (AvgIpc) is 3.26. The van der Waals surface area contributed by atoms with Gasteiger partial charge in [-0.2, -0.15) is 0 Å². The minimum Gasteiger partial charge on any atom is -0.300 e. The van der Waals surface area contributed by atoms with Gasteiger partial charge in [-0.15, -0.1) is 11.3 Å². The topological polar surface area (TPSA) is 64.0 Å². The third-order valence-corrected chi connectivity index (χ3v) is 6.67. The van der Waals surface area contributed by atoms with E-state index in [1.165, 1.54) is 36.0 Å². The molecule has 0 aliphatic heterocycles. The molecule has 1 fully saturated rings. The molecule has 0 radical (unpaired) electrons. The van der Waals surface area contributed by atoms with E-state index in [0.717, 1.165) is 25.7 Å². The number of nitrogens with zero attached hydrogens (tertiary/aromatic N) is 2. The molecule has 1 amide bonds. The molecule has 3 aromatic rings. The first kappa shape index (κ1) is 21.4. The normalized spacial score (nSPS) is 15.5. The van der Waals surface area contributed by atoms with Crippen LogP contribution in [0.2, 0.25) is 0 Å². The van der Waals surface area contributed by atoms with Gasteiger partial charge in [0.05, 0.1) is 0 Å². The third kappa shape index (κ3) is 5.10. The highest BCUT2D eigenvalue weighted by molar-refractivity contribution is 7.13. The number of hydrogen-bond acceptors (Lipinski definition) is 4. The number of carbonyl (C=O) groups is 1. The summed E-state index contributed by atoms with van der Waals surface area (Å²) in [7, 11) is 0. The summed E-state index contributed by atoms with van der Waals surface area (Å²) in [5.41, 5.74) is 1.72. The van der Waals surface area contributed by atoms with E-state index in [1.807, 2.05) is 13.0 Å². The van der Waals surface area contributed by atoms with Crippen molar-refractivity contribution in [2.75, 3.05) is 5.32 Å². The molecule has 5 nitrogen and oxygen atoms in total. The zero-order valence-corrected chi connectivity index (χ0v) is 18.3. The molecule has 1 unspecified atom stereocenters. The lowest BCUT2D eigenvalue weighted by molar-refractivity contribution is -0.120. The van der Waals surface area contributed by atoms with Crippen LogP contribution in [-0.4, -0.2) is 15.5 Å². The highest BCUT2D eigenvalue weighted by Gasteiger charge is 2.28. The summed E-state index contributed by atoms with van der Waals surface area (Å²) in [6.07, 6.45) is 7.98. The van der Waals surface area contributed by atoms with Gasteiger partial charge in [-0.25, -0.2) is 9.37 Å². The maximum atomic E-state index is 13.7. The highest BCUT2D eigenvalue weighted by Crippen LogP contribution is 2.32. The number of benzene rings is 1. The number of carbonyl (C=O) groups excluding carboxylic acids is 1. The number of hydrogen-bond donors (Lipinski definition) is 1. The number of amides is 1. The maximum Gasteiger partial charge on any atom is 0.252 e. The van der Waals surface area contributed by atoms with Gasteiger partial charge in [0, 0.05) is 23.3 Å². The van der Waals surface area contributed by atoms with Crippen molar-refractivity contribution in [2.45, 2.75) is 51.5 Å². The second-order valence-electron chi connectivity index (χ2n) is 8.19. The molecule has 0 saturated heterocycles. The van der Waals surface area contributed by atoms with Crippen molar-refractivity contribution in [1.82, 2.24) is 9.55 Å². The maximum absolute atomic E-state index is 13.7. The number of rotatable bonds is 6. The van der Waals surface area contributed by atoms with Crippen molar-refractivity contribution < 1.29 is 9.18 Å². The number of halogens is 1. The quantitative estimate of drug-likeness (QED) is 0.546. The monoisotopic (exact) mass is 439 g/mol. The lowest BCUT2D eigenvalue weighted by atomic mass is 9.84. The molecule has 0 spiro atoms. The summed E-state index contributed by atoms with van der Waals surface area (Å²) in [5, 5.41) is 5.21. The summed E-state index contributed by atoms with van der Waals surface area (Å²) >= 11 is 1.35. The largest absolute Gasteiger partial charge is 0.300 e. The van der Waals surface area contributed by atoms with E-state index in [-0.39, 0.29) is 17.3 Å². The van der Waals surface area contributed by atoms with Gasteiger partial charge < -0.3 is 9.88 Å². The molecule has 0 bridgehead atoms. The van der Waals surface area contributed by atoms with Gasteiger partial charge in [0.1, 0.15) is 11.9 Å². The lowest BCUT2D eigenvalue weighted by Gasteiger charge is -2.28. The standard InChI is InChI=1S/C24H26FN3O2S/c1-16-12-19(18-8-5-9-20(25)14-18)15-22(29)28(16)21(13-17-6-3-2-4-7-17)23(30)27-24-26-10-11-31-24/h5,8-12,14-15,17,21H,2-4,6-7,13H2,1H3,(H,26,27,30). The van der Waals surface area contributed by atoms with Crippen molar-refractivity contribution in [3.63, 3.8) is 0 Å². The van der Waals surface area contributed by atoms with Crippen molar-refractivity contribution in [2.24, 2.45) is 5.92 Å². The van der Waals surface area contributed by atoms with E-state index >= 15 is 0 Å². The van der Waals surface area contributed by atoms with Gasteiger partial charge in [-0.3, -0.25) is 9.59 Å². The summed E-state index contributed by atoms with van der Waals surface area (Å²) in [6, 6.07) is 8.91. The van der Waals surface area contributed by atoms with Gasteiger partial charge in [-0.1, -0.05) is 44.2 Å². The summed E-state index contributed by atoms with van der Waals surface area (Å²) in [4.78, 5) is 30.6. The molecule has 31 heavy (non-hydrogen) atoms. The van der Waals surface area contributed by atoms with Gasteiger partial charge in [0.2, 0.25) is 5.91 Å². The lowest BCUT2D eigenvalue weighted by Crippen LogP contribution is -2.36. The Bertz CT molecular complexity index is 1100. The Morgan fingerprint density at radius 3 is 2.71 bits per heavy atom. The van der Waals surface area contributed by atoms with E-state index in [1.54, 1.807) is 28.3 Å². The molecule has 1 aliphatic rings. The predicted octanol–water partition coefficient (Wildman–Crippen LogP) is 5.57. The highest BCUT2D eigenvalue weighted by atomic mass is 32.1. The Kier molecular flexibility index (Phi) is 6.61. The fourth-order valence-electron chi connectivity index (χ4n) is 4.49. The second kappa shape index (κ2) is 9.56. The Morgan fingerprint density at radius 1 is 1.23 bits per heavy atom. The van der Waals surface area contributed by atoms with Crippen molar-refractivity contribution in [3.05, 3.63) is 69.8 Å². The predicted molar refractivity (Wildman–Crippen MR) is 122 cm³/mol. The van der Waals surface area contributed by atoms with Crippen molar-refractivity contribution in [3.8, 4) is 11.1 Å². The van der Waals surface area contributed by atoms with Gasteiger partial charge in [0.25, 0.3) is 5.56 Å². The van der Waals surface area contributed by atoms with Crippen molar-refractivity contribution >= 4 is 22.4 Å². The van der Waals surface area contributed by atoms with Crippen LogP contribution in [-0.2, 0) is 4.79 Å². The first-order valence-electron chi connectivity index (χ1n) is 10.7. The van der Waals surface area contributed by atoms with E-state index < -0.39 is 6.04 Å². The molecule has 1 saturated carbocycles. The average molecular weight is 440 g/mol. The van der Waals surface area contributed by atoms with Crippen LogP contribution in [0.1, 0.15) is 50.3 Å². The Labute approximate surface area is 185 Å². The van der Waals surface area contributed by atoms with Gasteiger partial charge >= 0.3 is 0 Å². The zero-order valence-electron chi connectivity index (χ0n) is 17.5. The Hall–Kier alpha value is -2.80. The summed E-state index contributed by atoms with van der Waals surface area (Å²) < 4.78 is 15.3. The number of pyridine rings is 1. The molecule has 2 aromatic heterocycles. The smallest absolute Gasteiger partial charge is 0.252 e. The Balaban J connectivity index is 1.69. The van der Waals surface area contributed by atoms with Crippen LogP contribution < -0.4 is 10.9 Å². The first-order valence-corrected chi connectivity index (χ1v) is 11.6. The molecule has 7 heteroatoms. The number of aromatic nitrogens is 2. The Morgan fingerprint density at radius 2 is 2.03 bits per heavy atom. The minimum absolute atomic E-state index is 0.218. The van der Waals surface area contributed by atoms with E-state index in [2.05, 4.69) is 10.3 Å². The van der Waals surface area contributed by atoms with E-state index in [9.17, 15) is 14.0 Å². The third-order valence-electron chi connectivity index (χ3n) is 5.98. The fraction of sp³-hybridized carbons (Fsp3) is 0.375. The molecule has 1 aliphatic carbocycles. The van der Waals surface area contributed by atoms with Crippen LogP contribution in [0.15, 0.2) is 52.8 Å². The van der Waals surface area contributed by atoms with Crippen molar-refractivity contribution in [1.29, 1.82) is 0 Å². The number of anilines is 1. The SMILES string of the molecule is Cc1cc(-c2cccc(F)c2)cc(=O)n1C(CC1CCCCC1)C(=O)Nc1nccs1. The van der Waals surface area contributed by atoms with E-state index in [4.69, 9.17) is 0 Å². The molecular formula is C24H26FN3O2S. The summed E-state index contributed by atoms with van der Waals surface area (Å²) in [5.74, 6) is -0.156. The molecular weight excluding hydrogens is 413 g/mol. The molecule has 4 rings (SSSR count). The zero-order chi connectivity index (χ0) is 21.8. The van der Waals surface area contributed by atoms with Crippen LogP contribution in [0.4, 0.5) is 9.52 Å². The molecule has 162 valence electrons. The second-order valence-corrected chi connectivity index (χ2v) is 9.08. The van der Waals surface area contributed by atoms with Crippen LogP contribution in [0.3, 0.4) is 0 Å². The van der Waals surface area contributed by atoms with Crippen LogP contribution >= 0.6 is 11.3 Å². The minimum atomic E-state index is -0.610. The fourth-order valence-corrected chi connectivity index (χ4v) is 5.02. The van der Waals surface area contributed by atoms with E-state index in [0.29, 0.717) is 34.3 Å². The van der Waals surface area contributed by atoms with Gasteiger partial charge in [0.15, 0.2) is 5.13 Å². The summed E-state index contributed by atoms with van der Waals surface area (Å²) in [6.45, 7) is 1.83. The first-order chi connectivity index (χ1) is 15.0. The molecule has 1 N–H and O–H groups in total.